The molecule has 1 aliphatic heterocycles. The van der Waals surface area contributed by atoms with Crippen molar-refractivity contribution < 1.29 is 4.79 Å². The number of anilines is 2. The third-order valence-electron chi connectivity index (χ3n) is 4.99. The minimum Gasteiger partial charge on any atom is -0.378 e. The van der Waals surface area contributed by atoms with Gasteiger partial charge in [0.2, 0.25) is 0 Å². The number of nitrogens with zero attached hydrogens (tertiary/aromatic N) is 1. The lowest BCUT2D eigenvalue weighted by Gasteiger charge is -2.40. The van der Waals surface area contributed by atoms with Crippen LogP contribution in [0.4, 0.5) is 11.4 Å². The van der Waals surface area contributed by atoms with Gasteiger partial charge in [-0.25, -0.2) is 0 Å². The molecule has 0 unspecified atom stereocenters. The van der Waals surface area contributed by atoms with Gasteiger partial charge in [0.25, 0.3) is 5.91 Å². The van der Waals surface area contributed by atoms with Gasteiger partial charge in [0.05, 0.1) is 6.04 Å². The van der Waals surface area contributed by atoms with Gasteiger partial charge in [-0.05, 0) is 55.3 Å². The SMILES string of the molecule is C[C@H]1C[C@@H](Nc2ccccc2)c2ccccc2N1C(=O)c1cccc(Br)c1. The van der Waals surface area contributed by atoms with E-state index in [-0.39, 0.29) is 18.0 Å². The number of para-hydroxylation sites is 2. The third-order valence-corrected chi connectivity index (χ3v) is 5.49. The number of nitrogens with one attached hydrogen (secondary N) is 1. The molecule has 0 bridgehead atoms. The van der Waals surface area contributed by atoms with Crippen molar-refractivity contribution in [3.8, 4) is 0 Å². The monoisotopic (exact) mass is 420 g/mol. The lowest BCUT2D eigenvalue weighted by molar-refractivity contribution is 0.0974. The predicted octanol–water partition coefficient (Wildman–Crippen LogP) is 6.04. The van der Waals surface area contributed by atoms with Gasteiger partial charge in [-0.2, -0.15) is 0 Å². The third kappa shape index (κ3) is 3.62. The van der Waals surface area contributed by atoms with Gasteiger partial charge >= 0.3 is 0 Å². The van der Waals surface area contributed by atoms with Crippen LogP contribution in [0.25, 0.3) is 0 Å². The summed E-state index contributed by atoms with van der Waals surface area (Å²) in [5.41, 5.74) is 3.93. The molecule has 4 rings (SSSR count). The van der Waals surface area contributed by atoms with Crippen LogP contribution in [0.15, 0.2) is 83.3 Å². The molecule has 0 radical (unpaired) electrons. The normalized spacial score (nSPS) is 18.7. The highest BCUT2D eigenvalue weighted by atomic mass is 79.9. The molecule has 0 saturated heterocycles. The van der Waals surface area contributed by atoms with E-state index in [4.69, 9.17) is 0 Å². The van der Waals surface area contributed by atoms with E-state index < -0.39 is 0 Å². The van der Waals surface area contributed by atoms with E-state index in [1.807, 2.05) is 65.6 Å². The molecule has 3 nitrogen and oxygen atoms in total. The Labute approximate surface area is 168 Å². The standard InChI is InChI=1S/C23H21BrN2O/c1-16-14-21(25-19-10-3-2-4-11-19)20-12-5-6-13-22(20)26(16)23(27)17-8-7-9-18(24)15-17/h2-13,15-16,21,25H,14H2,1H3/t16-,21+/m0/s1. The smallest absolute Gasteiger partial charge is 0.258 e. The molecule has 3 aromatic rings. The van der Waals surface area contributed by atoms with Crippen LogP contribution in [-0.4, -0.2) is 11.9 Å². The number of rotatable bonds is 3. The second-order valence-corrected chi connectivity index (χ2v) is 7.81. The Morgan fingerprint density at radius 1 is 1.00 bits per heavy atom. The van der Waals surface area contributed by atoms with E-state index in [9.17, 15) is 4.79 Å². The van der Waals surface area contributed by atoms with Gasteiger partial charge in [-0.15, -0.1) is 0 Å². The molecule has 2 atom stereocenters. The van der Waals surface area contributed by atoms with Crippen LogP contribution in [0.2, 0.25) is 0 Å². The fourth-order valence-electron chi connectivity index (χ4n) is 3.75. The van der Waals surface area contributed by atoms with E-state index in [1.165, 1.54) is 0 Å². The Balaban J connectivity index is 1.70. The highest BCUT2D eigenvalue weighted by Crippen LogP contribution is 2.39. The van der Waals surface area contributed by atoms with Crippen molar-refractivity contribution in [2.24, 2.45) is 0 Å². The highest BCUT2D eigenvalue weighted by Gasteiger charge is 2.34. The van der Waals surface area contributed by atoms with E-state index >= 15 is 0 Å². The first-order valence-corrected chi connectivity index (χ1v) is 9.92. The minimum absolute atomic E-state index is 0.0365. The van der Waals surface area contributed by atoms with Crippen LogP contribution < -0.4 is 10.2 Å². The quantitative estimate of drug-likeness (QED) is 0.559. The van der Waals surface area contributed by atoms with Gasteiger partial charge in [-0.3, -0.25) is 4.79 Å². The number of fused-ring (bicyclic) bond motifs is 1. The van der Waals surface area contributed by atoms with Crippen molar-refractivity contribution in [3.63, 3.8) is 0 Å². The molecule has 1 heterocycles. The lowest BCUT2D eigenvalue weighted by Crippen LogP contribution is -2.44. The first-order valence-electron chi connectivity index (χ1n) is 9.13. The summed E-state index contributed by atoms with van der Waals surface area (Å²) in [7, 11) is 0. The predicted molar refractivity (Wildman–Crippen MR) is 114 cm³/mol. The molecule has 4 heteroatoms. The molecule has 27 heavy (non-hydrogen) atoms. The second kappa shape index (κ2) is 7.57. The summed E-state index contributed by atoms with van der Waals surface area (Å²) in [4.78, 5) is 15.2. The van der Waals surface area contributed by atoms with Gasteiger partial charge in [0.1, 0.15) is 0 Å². The molecule has 0 fully saturated rings. The van der Waals surface area contributed by atoms with Crippen molar-refractivity contribution >= 4 is 33.2 Å². The van der Waals surface area contributed by atoms with E-state index in [0.29, 0.717) is 5.56 Å². The van der Waals surface area contributed by atoms with Gasteiger partial charge in [-0.1, -0.05) is 58.4 Å². The molecule has 1 N–H and O–H groups in total. The van der Waals surface area contributed by atoms with E-state index in [0.717, 1.165) is 27.8 Å². The fraction of sp³-hybridized carbons (Fsp3) is 0.174. The molecule has 0 saturated carbocycles. The Bertz CT molecular complexity index is 957. The highest BCUT2D eigenvalue weighted by molar-refractivity contribution is 9.10. The summed E-state index contributed by atoms with van der Waals surface area (Å²) >= 11 is 3.47. The van der Waals surface area contributed by atoms with Crippen LogP contribution in [0.3, 0.4) is 0 Å². The van der Waals surface area contributed by atoms with Crippen molar-refractivity contribution in [2.75, 3.05) is 10.2 Å². The second-order valence-electron chi connectivity index (χ2n) is 6.89. The number of carbonyl (C=O) groups is 1. The molecule has 3 aromatic carbocycles. The topological polar surface area (TPSA) is 32.3 Å². The van der Waals surface area contributed by atoms with Crippen LogP contribution >= 0.6 is 15.9 Å². The number of carbonyl (C=O) groups excluding carboxylic acids is 1. The minimum atomic E-state index is 0.0365. The van der Waals surface area contributed by atoms with Crippen molar-refractivity contribution in [1.82, 2.24) is 0 Å². The molecule has 0 spiro atoms. The summed E-state index contributed by atoms with van der Waals surface area (Å²) in [5, 5.41) is 3.63. The summed E-state index contributed by atoms with van der Waals surface area (Å²) in [5.74, 6) is 0.0365. The van der Waals surface area contributed by atoms with Crippen molar-refractivity contribution in [3.05, 3.63) is 94.5 Å². The van der Waals surface area contributed by atoms with E-state index in [1.54, 1.807) is 0 Å². The summed E-state index contributed by atoms with van der Waals surface area (Å²) in [6.07, 6.45) is 0.853. The largest absolute Gasteiger partial charge is 0.378 e. The van der Waals surface area contributed by atoms with Crippen molar-refractivity contribution in [2.45, 2.75) is 25.4 Å². The molecule has 1 aliphatic rings. The Hall–Kier alpha value is -2.59. The summed E-state index contributed by atoms with van der Waals surface area (Å²) in [6.45, 7) is 2.12. The zero-order valence-corrected chi connectivity index (χ0v) is 16.7. The Morgan fingerprint density at radius 2 is 1.74 bits per heavy atom. The van der Waals surface area contributed by atoms with Gasteiger partial charge in [0.15, 0.2) is 0 Å². The maximum absolute atomic E-state index is 13.3. The molecule has 0 aromatic heterocycles. The van der Waals surface area contributed by atoms with Crippen LogP contribution in [-0.2, 0) is 0 Å². The van der Waals surface area contributed by atoms with Crippen LogP contribution in [0.5, 0.6) is 0 Å². The van der Waals surface area contributed by atoms with Crippen LogP contribution in [0, 0.1) is 0 Å². The Kier molecular flexibility index (Phi) is 4.99. The molecular formula is C23H21BrN2O. The van der Waals surface area contributed by atoms with Gasteiger partial charge < -0.3 is 10.2 Å². The average molecular weight is 421 g/mol. The summed E-state index contributed by atoms with van der Waals surface area (Å²) in [6, 6.07) is 26.3. The van der Waals surface area contributed by atoms with E-state index in [2.05, 4.69) is 46.4 Å². The summed E-state index contributed by atoms with van der Waals surface area (Å²) < 4.78 is 0.912. The first-order chi connectivity index (χ1) is 13.1. The number of amides is 1. The number of halogens is 1. The Morgan fingerprint density at radius 3 is 2.52 bits per heavy atom. The molecule has 1 amide bonds. The van der Waals surface area contributed by atoms with Gasteiger partial charge in [0, 0.05) is 27.5 Å². The first kappa shape index (κ1) is 17.8. The lowest BCUT2D eigenvalue weighted by atomic mass is 9.90. The fourth-order valence-corrected chi connectivity index (χ4v) is 4.15. The number of hydrogen-bond acceptors (Lipinski definition) is 2. The number of hydrogen-bond donors (Lipinski definition) is 1. The number of benzene rings is 3. The average Bonchev–Trinajstić information content (AvgIpc) is 2.68. The maximum Gasteiger partial charge on any atom is 0.258 e. The maximum atomic E-state index is 13.3. The van der Waals surface area contributed by atoms with Crippen LogP contribution in [0.1, 0.15) is 35.3 Å². The molecule has 0 aliphatic carbocycles. The zero-order chi connectivity index (χ0) is 18.8. The zero-order valence-electron chi connectivity index (χ0n) is 15.1. The van der Waals surface area contributed by atoms with Crippen molar-refractivity contribution in [1.29, 1.82) is 0 Å². The molecular weight excluding hydrogens is 400 g/mol. The molecule has 136 valence electrons.